The highest BCUT2D eigenvalue weighted by Crippen LogP contribution is 2.30. The van der Waals surface area contributed by atoms with Gasteiger partial charge in [0.2, 0.25) is 0 Å². The number of nitrogen functional groups attached to an aromatic ring is 1. The first-order chi connectivity index (χ1) is 11.7. The summed E-state index contributed by atoms with van der Waals surface area (Å²) in [5.74, 6) is 0.557. The smallest absolute Gasteiger partial charge is 0.253 e. The molecule has 24 heavy (non-hydrogen) atoms. The number of nitrogens with one attached hydrogen (secondary N) is 1. The van der Waals surface area contributed by atoms with Crippen LogP contribution in [0.25, 0.3) is 11.1 Å². The van der Waals surface area contributed by atoms with Gasteiger partial charge in [-0.05, 0) is 43.5 Å². The van der Waals surface area contributed by atoms with Crippen LogP contribution >= 0.6 is 0 Å². The molecule has 3 N–H and O–H groups in total. The SMILES string of the molecule is Nc1c(C(=O)NC2CN3CCC2CC3)cccc1-c1ccccc1. The van der Waals surface area contributed by atoms with Crippen molar-refractivity contribution in [2.45, 2.75) is 18.9 Å². The fourth-order valence-corrected chi connectivity index (χ4v) is 4.01. The summed E-state index contributed by atoms with van der Waals surface area (Å²) >= 11 is 0. The fraction of sp³-hybridized carbons (Fsp3) is 0.350. The van der Waals surface area contributed by atoms with Crippen molar-refractivity contribution in [2.24, 2.45) is 5.92 Å². The molecule has 2 bridgehead atoms. The molecule has 1 amide bonds. The second-order valence-corrected chi connectivity index (χ2v) is 6.85. The van der Waals surface area contributed by atoms with Gasteiger partial charge in [-0.3, -0.25) is 4.79 Å². The van der Waals surface area contributed by atoms with Crippen LogP contribution in [0.4, 0.5) is 5.69 Å². The Morgan fingerprint density at radius 1 is 1.04 bits per heavy atom. The van der Waals surface area contributed by atoms with Crippen LogP contribution < -0.4 is 11.1 Å². The normalized spacial score (nSPS) is 25.4. The van der Waals surface area contributed by atoms with E-state index in [1.54, 1.807) is 0 Å². The molecule has 0 spiro atoms. The summed E-state index contributed by atoms with van der Waals surface area (Å²) in [6.45, 7) is 3.31. The summed E-state index contributed by atoms with van der Waals surface area (Å²) in [7, 11) is 0. The second-order valence-electron chi connectivity index (χ2n) is 6.85. The molecular formula is C20H23N3O. The van der Waals surface area contributed by atoms with Gasteiger partial charge in [0.25, 0.3) is 5.91 Å². The largest absolute Gasteiger partial charge is 0.398 e. The third-order valence-corrected chi connectivity index (χ3v) is 5.41. The monoisotopic (exact) mass is 321 g/mol. The number of fused-ring (bicyclic) bond motifs is 3. The van der Waals surface area contributed by atoms with Gasteiger partial charge in [0.1, 0.15) is 0 Å². The van der Waals surface area contributed by atoms with E-state index < -0.39 is 0 Å². The van der Waals surface area contributed by atoms with Gasteiger partial charge in [0.15, 0.2) is 0 Å². The summed E-state index contributed by atoms with van der Waals surface area (Å²) in [5.41, 5.74) is 9.41. The Morgan fingerprint density at radius 2 is 1.79 bits per heavy atom. The highest BCUT2D eigenvalue weighted by atomic mass is 16.1. The Bertz CT molecular complexity index is 736. The molecule has 124 valence electrons. The van der Waals surface area contributed by atoms with Gasteiger partial charge in [0, 0.05) is 18.2 Å². The molecule has 4 nitrogen and oxygen atoms in total. The molecule has 3 saturated heterocycles. The summed E-state index contributed by atoms with van der Waals surface area (Å²) in [4.78, 5) is 15.2. The van der Waals surface area contributed by atoms with Crippen LogP contribution in [0.3, 0.4) is 0 Å². The number of anilines is 1. The molecule has 0 aromatic heterocycles. The predicted molar refractivity (Wildman–Crippen MR) is 96.7 cm³/mol. The maximum atomic E-state index is 12.8. The lowest BCUT2D eigenvalue weighted by molar-refractivity contribution is 0.0621. The van der Waals surface area contributed by atoms with Gasteiger partial charge in [-0.25, -0.2) is 0 Å². The number of amides is 1. The van der Waals surface area contributed by atoms with Crippen molar-refractivity contribution in [2.75, 3.05) is 25.4 Å². The van der Waals surface area contributed by atoms with Crippen molar-refractivity contribution in [3.8, 4) is 11.1 Å². The number of nitrogens with two attached hydrogens (primary N) is 1. The summed E-state index contributed by atoms with van der Waals surface area (Å²) in [5, 5.41) is 3.23. The van der Waals surface area contributed by atoms with Gasteiger partial charge >= 0.3 is 0 Å². The van der Waals surface area contributed by atoms with Crippen molar-refractivity contribution < 1.29 is 4.79 Å². The minimum Gasteiger partial charge on any atom is -0.398 e. The summed E-state index contributed by atoms with van der Waals surface area (Å²) in [6, 6.07) is 15.9. The van der Waals surface area contributed by atoms with E-state index in [9.17, 15) is 4.79 Å². The number of nitrogens with zero attached hydrogens (tertiary/aromatic N) is 1. The molecule has 2 aromatic carbocycles. The van der Waals surface area contributed by atoms with Gasteiger partial charge < -0.3 is 16.0 Å². The Morgan fingerprint density at radius 3 is 2.46 bits per heavy atom. The number of carbonyl (C=O) groups excluding carboxylic acids is 1. The number of hydrogen-bond donors (Lipinski definition) is 2. The molecule has 4 heteroatoms. The quantitative estimate of drug-likeness (QED) is 0.855. The van der Waals surface area contributed by atoms with Gasteiger partial charge in [-0.15, -0.1) is 0 Å². The lowest BCUT2D eigenvalue weighted by atomic mass is 9.84. The molecule has 3 aliphatic rings. The van der Waals surface area contributed by atoms with Crippen LogP contribution in [-0.2, 0) is 0 Å². The highest BCUT2D eigenvalue weighted by molar-refractivity contribution is 6.02. The fourth-order valence-electron chi connectivity index (χ4n) is 4.01. The number of rotatable bonds is 3. The van der Waals surface area contributed by atoms with E-state index >= 15 is 0 Å². The van der Waals surface area contributed by atoms with E-state index in [2.05, 4.69) is 10.2 Å². The molecule has 2 aromatic rings. The molecule has 3 fully saturated rings. The molecule has 3 aliphatic heterocycles. The molecule has 1 atom stereocenters. The molecular weight excluding hydrogens is 298 g/mol. The third-order valence-electron chi connectivity index (χ3n) is 5.41. The van der Waals surface area contributed by atoms with E-state index in [1.165, 1.54) is 25.9 Å². The van der Waals surface area contributed by atoms with E-state index in [1.807, 2.05) is 48.5 Å². The zero-order valence-corrected chi connectivity index (χ0v) is 13.7. The van der Waals surface area contributed by atoms with Crippen LogP contribution in [0.2, 0.25) is 0 Å². The highest BCUT2D eigenvalue weighted by Gasteiger charge is 2.35. The Kier molecular flexibility index (Phi) is 3.98. The zero-order valence-electron chi connectivity index (χ0n) is 13.7. The van der Waals surface area contributed by atoms with Crippen LogP contribution in [0.15, 0.2) is 48.5 Å². The predicted octanol–water partition coefficient (Wildman–Crippen LogP) is 2.76. The Labute approximate surface area is 142 Å². The average molecular weight is 321 g/mol. The maximum Gasteiger partial charge on any atom is 0.253 e. The molecule has 0 saturated carbocycles. The minimum absolute atomic E-state index is 0.0518. The number of hydrogen-bond acceptors (Lipinski definition) is 3. The van der Waals surface area contributed by atoms with Gasteiger partial charge in [0.05, 0.1) is 11.3 Å². The first-order valence-electron chi connectivity index (χ1n) is 8.69. The van der Waals surface area contributed by atoms with Gasteiger partial charge in [-0.2, -0.15) is 0 Å². The number of carbonyl (C=O) groups is 1. The molecule has 5 rings (SSSR count). The Balaban J connectivity index is 1.57. The molecule has 0 radical (unpaired) electrons. The van der Waals surface area contributed by atoms with Gasteiger partial charge in [-0.1, -0.05) is 42.5 Å². The molecule has 3 heterocycles. The standard InChI is InChI=1S/C20H23N3O/c21-19-16(14-5-2-1-3-6-14)7-4-8-17(19)20(24)22-18-13-23-11-9-15(18)10-12-23/h1-8,15,18H,9-13,21H2,(H,22,24). The van der Waals surface area contributed by atoms with Crippen LogP contribution in [0.5, 0.6) is 0 Å². The number of para-hydroxylation sites is 1. The Hall–Kier alpha value is -2.33. The van der Waals surface area contributed by atoms with Crippen molar-refractivity contribution >= 4 is 11.6 Å². The first kappa shape index (κ1) is 15.2. The topological polar surface area (TPSA) is 58.4 Å². The minimum atomic E-state index is -0.0518. The van der Waals surface area contributed by atoms with Crippen molar-refractivity contribution in [3.05, 3.63) is 54.1 Å². The molecule has 0 aliphatic carbocycles. The van der Waals surface area contributed by atoms with Crippen molar-refractivity contribution in [1.29, 1.82) is 0 Å². The van der Waals surface area contributed by atoms with E-state index in [0.29, 0.717) is 17.2 Å². The van der Waals surface area contributed by atoms with E-state index in [4.69, 9.17) is 5.73 Å². The average Bonchev–Trinajstić information content (AvgIpc) is 2.63. The summed E-state index contributed by atoms with van der Waals surface area (Å²) in [6.07, 6.45) is 2.37. The van der Waals surface area contributed by atoms with Crippen LogP contribution in [-0.4, -0.2) is 36.5 Å². The number of piperidine rings is 3. The lowest BCUT2D eigenvalue weighted by Crippen LogP contribution is -2.57. The van der Waals surface area contributed by atoms with E-state index in [0.717, 1.165) is 17.7 Å². The first-order valence-corrected chi connectivity index (χ1v) is 8.69. The van der Waals surface area contributed by atoms with E-state index in [-0.39, 0.29) is 11.9 Å². The van der Waals surface area contributed by atoms with Crippen molar-refractivity contribution in [1.82, 2.24) is 10.2 Å². The summed E-state index contributed by atoms with van der Waals surface area (Å²) < 4.78 is 0. The zero-order chi connectivity index (χ0) is 16.5. The maximum absolute atomic E-state index is 12.8. The number of benzene rings is 2. The van der Waals surface area contributed by atoms with Crippen LogP contribution in [0.1, 0.15) is 23.2 Å². The third kappa shape index (κ3) is 2.78. The van der Waals surface area contributed by atoms with Crippen molar-refractivity contribution in [3.63, 3.8) is 0 Å². The van der Waals surface area contributed by atoms with Crippen LogP contribution in [0, 0.1) is 5.92 Å². The molecule has 1 unspecified atom stereocenters. The second kappa shape index (κ2) is 6.29. The lowest BCUT2D eigenvalue weighted by Gasteiger charge is -2.44.